The maximum atomic E-state index is 13.2. The molecule has 1 heterocycles. The number of rotatable bonds is 6. The molecule has 0 aliphatic carbocycles. The van der Waals surface area contributed by atoms with Gasteiger partial charge in [0.25, 0.3) is 11.8 Å². The minimum Gasteiger partial charge on any atom is -0.364 e. The molecule has 1 unspecified atom stereocenters. The highest BCUT2D eigenvalue weighted by Gasteiger charge is 2.32. The Kier molecular flexibility index (Phi) is 6.00. The van der Waals surface area contributed by atoms with Crippen molar-refractivity contribution in [2.75, 3.05) is 5.06 Å². The van der Waals surface area contributed by atoms with Crippen molar-refractivity contribution >= 4 is 17.5 Å². The van der Waals surface area contributed by atoms with Gasteiger partial charge in [-0.1, -0.05) is 34.1 Å². The Morgan fingerprint density at radius 2 is 1.89 bits per heavy atom. The fourth-order valence-electron chi connectivity index (χ4n) is 2.74. The first-order chi connectivity index (χ1) is 12.6. The normalized spacial score (nSPS) is 12.7. The van der Waals surface area contributed by atoms with Gasteiger partial charge in [0.1, 0.15) is 11.9 Å². The zero-order valence-corrected chi connectivity index (χ0v) is 15.9. The second kappa shape index (κ2) is 7.87. The first-order valence-electron chi connectivity index (χ1n) is 8.74. The minimum atomic E-state index is -0.956. The highest BCUT2D eigenvalue weighted by Crippen LogP contribution is 2.25. The van der Waals surface area contributed by atoms with Gasteiger partial charge in [0.2, 0.25) is 0 Å². The number of hydrogen-bond acceptors (Lipinski definition) is 5. The van der Waals surface area contributed by atoms with Crippen LogP contribution in [-0.2, 0) is 5.41 Å². The molecular weight excluding hydrogens is 351 g/mol. The summed E-state index contributed by atoms with van der Waals surface area (Å²) in [6.07, 6.45) is 0.950. The summed E-state index contributed by atoms with van der Waals surface area (Å²) in [7, 11) is 0. The number of carbonyl (C=O) groups excluding carboxylic acids is 2. The molecule has 2 aromatic rings. The van der Waals surface area contributed by atoms with E-state index in [-0.39, 0.29) is 11.4 Å². The molecule has 1 atom stereocenters. The van der Waals surface area contributed by atoms with Gasteiger partial charge in [-0.2, -0.15) is 5.10 Å². The molecule has 0 aliphatic heterocycles. The van der Waals surface area contributed by atoms with Crippen molar-refractivity contribution in [3.63, 3.8) is 0 Å². The number of amides is 1. The number of primary amides is 1. The van der Waals surface area contributed by atoms with E-state index in [2.05, 4.69) is 5.10 Å². The summed E-state index contributed by atoms with van der Waals surface area (Å²) in [5.41, 5.74) is 5.61. The molecule has 0 aliphatic rings. The molecule has 1 aromatic heterocycles. The molecule has 0 spiro atoms. The molecule has 0 saturated heterocycles. The van der Waals surface area contributed by atoms with Gasteiger partial charge < -0.3 is 5.73 Å². The van der Waals surface area contributed by atoms with E-state index in [0.717, 1.165) is 9.75 Å². The van der Waals surface area contributed by atoms with Crippen LogP contribution in [0.25, 0.3) is 0 Å². The summed E-state index contributed by atoms with van der Waals surface area (Å²) in [5, 5.41) is 15.5. The molecular formula is C19H25FN4O3. The quantitative estimate of drug-likeness (QED) is 0.754. The van der Waals surface area contributed by atoms with E-state index in [9.17, 15) is 19.2 Å². The highest BCUT2D eigenvalue weighted by atomic mass is 19.1. The lowest BCUT2D eigenvalue weighted by atomic mass is 9.91. The standard InChI is InChI=1S/C19H25FN4O3/c1-5-6-15(24(27)13-9-7-12(20)8-10-13)18(26)23-16(19(2,3)4)11-14(22-23)17(21)25/h7-11,15,27H,5-6H2,1-4H3,(H2,21,25). The third-order valence-electron chi connectivity index (χ3n) is 4.17. The van der Waals surface area contributed by atoms with Gasteiger partial charge in [0.05, 0.1) is 11.4 Å². The number of hydroxylamine groups is 1. The second-order valence-corrected chi connectivity index (χ2v) is 7.40. The Morgan fingerprint density at radius 3 is 2.37 bits per heavy atom. The summed E-state index contributed by atoms with van der Waals surface area (Å²) in [6, 6.07) is 5.70. The number of hydrogen-bond donors (Lipinski definition) is 2. The average Bonchev–Trinajstić information content (AvgIpc) is 3.05. The lowest BCUT2D eigenvalue weighted by Crippen LogP contribution is -2.43. The average molecular weight is 376 g/mol. The van der Waals surface area contributed by atoms with Gasteiger partial charge in [-0.25, -0.2) is 14.1 Å². The van der Waals surface area contributed by atoms with E-state index in [1.165, 1.54) is 30.3 Å². The number of benzene rings is 1. The molecule has 7 nitrogen and oxygen atoms in total. The first-order valence-corrected chi connectivity index (χ1v) is 8.74. The Labute approximate surface area is 157 Å². The monoisotopic (exact) mass is 376 g/mol. The Morgan fingerprint density at radius 1 is 1.30 bits per heavy atom. The van der Waals surface area contributed by atoms with Crippen molar-refractivity contribution < 1.29 is 19.2 Å². The molecule has 1 aromatic carbocycles. The zero-order chi connectivity index (χ0) is 20.4. The van der Waals surface area contributed by atoms with Crippen LogP contribution in [0.15, 0.2) is 30.3 Å². The summed E-state index contributed by atoms with van der Waals surface area (Å²) in [5.74, 6) is -1.68. The number of aromatic nitrogens is 2. The Hall–Kier alpha value is -2.74. The van der Waals surface area contributed by atoms with Gasteiger partial charge in [-0.15, -0.1) is 0 Å². The van der Waals surface area contributed by atoms with E-state index in [1.807, 2.05) is 27.7 Å². The molecule has 27 heavy (non-hydrogen) atoms. The van der Waals surface area contributed by atoms with Crippen molar-refractivity contribution in [1.82, 2.24) is 9.78 Å². The SMILES string of the molecule is CCCC(C(=O)n1nc(C(N)=O)cc1C(C)(C)C)N(O)c1ccc(F)cc1. The van der Waals surface area contributed by atoms with Crippen LogP contribution >= 0.6 is 0 Å². The number of halogens is 1. The molecule has 8 heteroatoms. The van der Waals surface area contributed by atoms with Crippen molar-refractivity contribution in [3.8, 4) is 0 Å². The topological polar surface area (TPSA) is 101 Å². The molecule has 0 bridgehead atoms. The Bertz CT molecular complexity index is 824. The minimum absolute atomic E-state index is 0.0187. The molecule has 2 rings (SSSR count). The van der Waals surface area contributed by atoms with Crippen LogP contribution in [0.1, 0.15) is 61.5 Å². The third-order valence-corrected chi connectivity index (χ3v) is 4.17. The van der Waals surface area contributed by atoms with E-state index in [1.54, 1.807) is 0 Å². The fourth-order valence-corrected chi connectivity index (χ4v) is 2.74. The second-order valence-electron chi connectivity index (χ2n) is 7.40. The number of anilines is 1. The van der Waals surface area contributed by atoms with Crippen LogP contribution < -0.4 is 10.8 Å². The van der Waals surface area contributed by atoms with E-state index < -0.39 is 29.1 Å². The third kappa shape index (κ3) is 4.51. The van der Waals surface area contributed by atoms with Crippen LogP contribution in [-0.4, -0.2) is 32.8 Å². The largest absolute Gasteiger partial charge is 0.364 e. The smallest absolute Gasteiger partial charge is 0.272 e. The summed E-state index contributed by atoms with van der Waals surface area (Å²) in [6.45, 7) is 7.51. The van der Waals surface area contributed by atoms with Crippen molar-refractivity contribution in [2.45, 2.75) is 52.0 Å². The van der Waals surface area contributed by atoms with Gasteiger partial charge in [0, 0.05) is 5.41 Å². The van der Waals surface area contributed by atoms with E-state index >= 15 is 0 Å². The predicted molar refractivity (Wildman–Crippen MR) is 99.4 cm³/mol. The zero-order valence-electron chi connectivity index (χ0n) is 15.9. The van der Waals surface area contributed by atoms with Crippen LogP contribution in [0, 0.1) is 5.82 Å². The molecule has 1 amide bonds. The first kappa shape index (κ1) is 20.6. The van der Waals surface area contributed by atoms with E-state index in [0.29, 0.717) is 18.5 Å². The van der Waals surface area contributed by atoms with Gasteiger partial charge >= 0.3 is 0 Å². The molecule has 146 valence electrons. The number of carbonyl (C=O) groups is 2. The maximum absolute atomic E-state index is 13.2. The Balaban J connectivity index is 2.47. The maximum Gasteiger partial charge on any atom is 0.272 e. The van der Waals surface area contributed by atoms with Crippen molar-refractivity contribution in [1.29, 1.82) is 0 Å². The van der Waals surface area contributed by atoms with Crippen LogP contribution in [0.5, 0.6) is 0 Å². The van der Waals surface area contributed by atoms with E-state index in [4.69, 9.17) is 5.73 Å². The lowest BCUT2D eigenvalue weighted by Gasteiger charge is -2.28. The highest BCUT2D eigenvalue weighted by molar-refractivity contribution is 5.93. The van der Waals surface area contributed by atoms with Gasteiger partial charge in [-0.3, -0.25) is 14.8 Å². The fraction of sp³-hybridized carbons (Fsp3) is 0.421. The van der Waals surface area contributed by atoms with Gasteiger partial charge in [-0.05, 0) is 36.8 Å². The molecule has 0 fully saturated rings. The molecule has 0 radical (unpaired) electrons. The van der Waals surface area contributed by atoms with Gasteiger partial charge in [0.15, 0.2) is 5.69 Å². The van der Waals surface area contributed by atoms with Crippen LogP contribution in [0.3, 0.4) is 0 Å². The lowest BCUT2D eigenvalue weighted by molar-refractivity contribution is 0.0777. The summed E-state index contributed by atoms with van der Waals surface area (Å²) in [4.78, 5) is 24.7. The van der Waals surface area contributed by atoms with Crippen LogP contribution in [0.4, 0.5) is 10.1 Å². The van der Waals surface area contributed by atoms with Crippen LogP contribution in [0.2, 0.25) is 0 Å². The summed E-state index contributed by atoms with van der Waals surface area (Å²) < 4.78 is 14.3. The van der Waals surface area contributed by atoms with Crippen molar-refractivity contribution in [3.05, 3.63) is 47.5 Å². The number of nitrogens with zero attached hydrogens (tertiary/aromatic N) is 3. The number of nitrogens with two attached hydrogens (primary N) is 1. The molecule has 0 saturated carbocycles. The molecule has 3 N–H and O–H groups in total. The van der Waals surface area contributed by atoms with Crippen molar-refractivity contribution in [2.24, 2.45) is 5.73 Å². The predicted octanol–water partition coefficient (Wildman–Crippen LogP) is 3.12. The summed E-state index contributed by atoms with van der Waals surface area (Å²) >= 11 is 0.